The fourth-order valence-corrected chi connectivity index (χ4v) is 3.12. The largest absolute Gasteiger partial charge is 0.369 e. The summed E-state index contributed by atoms with van der Waals surface area (Å²) in [5, 5.41) is 5.79. The molecule has 0 saturated carbocycles. The molecule has 2 amide bonds. The molecule has 6 nitrogen and oxygen atoms in total. The van der Waals surface area contributed by atoms with Gasteiger partial charge in [0.1, 0.15) is 0 Å². The SMILES string of the molecule is CN1CCN(c2ccc(NC(=O)c3ccccc3NC(=O)C(C)(C)C)cc2)CC1. The molecular formula is C23H30N4O2. The molecule has 2 aromatic rings. The first-order chi connectivity index (χ1) is 13.7. The zero-order valence-electron chi connectivity index (χ0n) is 17.7. The van der Waals surface area contributed by atoms with E-state index in [1.54, 1.807) is 24.3 Å². The Morgan fingerprint density at radius 3 is 2.10 bits per heavy atom. The van der Waals surface area contributed by atoms with Crippen molar-refractivity contribution in [1.82, 2.24) is 4.90 Å². The monoisotopic (exact) mass is 394 g/mol. The van der Waals surface area contributed by atoms with Gasteiger partial charge in [-0.05, 0) is 43.4 Å². The van der Waals surface area contributed by atoms with Crippen molar-refractivity contribution in [2.24, 2.45) is 5.41 Å². The van der Waals surface area contributed by atoms with Crippen LogP contribution in [0, 0.1) is 5.41 Å². The Hall–Kier alpha value is -2.86. The number of anilines is 3. The van der Waals surface area contributed by atoms with Gasteiger partial charge < -0.3 is 20.4 Å². The van der Waals surface area contributed by atoms with Crippen LogP contribution in [0.15, 0.2) is 48.5 Å². The number of hydrogen-bond donors (Lipinski definition) is 2. The zero-order valence-corrected chi connectivity index (χ0v) is 17.7. The molecule has 1 saturated heterocycles. The Kier molecular flexibility index (Phi) is 6.23. The Morgan fingerprint density at radius 1 is 0.862 bits per heavy atom. The number of benzene rings is 2. The predicted molar refractivity (Wildman–Crippen MR) is 119 cm³/mol. The molecule has 2 aromatic carbocycles. The van der Waals surface area contributed by atoms with Crippen molar-refractivity contribution < 1.29 is 9.59 Å². The van der Waals surface area contributed by atoms with Gasteiger partial charge in [-0.3, -0.25) is 9.59 Å². The van der Waals surface area contributed by atoms with E-state index in [2.05, 4.69) is 27.5 Å². The van der Waals surface area contributed by atoms with Crippen molar-refractivity contribution in [3.05, 3.63) is 54.1 Å². The number of likely N-dealkylation sites (N-methyl/N-ethyl adjacent to an activating group) is 1. The molecular weight excluding hydrogens is 364 g/mol. The lowest BCUT2D eigenvalue weighted by molar-refractivity contribution is -0.123. The highest BCUT2D eigenvalue weighted by atomic mass is 16.2. The van der Waals surface area contributed by atoms with Crippen molar-refractivity contribution >= 4 is 28.9 Å². The maximum atomic E-state index is 12.8. The average Bonchev–Trinajstić information content (AvgIpc) is 2.69. The summed E-state index contributed by atoms with van der Waals surface area (Å²) in [6.07, 6.45) is 0. The molecule has 1 aliphatic heterocycles. The highest BCUT2D eigenvalue weighted by molar-refractivity contribution is 6.10. The number of para-hydroxylation sites is 1. The Labute approximate surface area is 172 Å². The molecule has 0 spiro atoms. The van der Waals surface area contributed by atoms with Gasteiger partial charge in [-0.1, -0.05) is 32.9 Å². The minimum atomic E-state index is -0.539. The molecule has 0 unspecified atom stereocenters. The summed E-state index contributed by atoms with van der Waals surface area (Å²) in [6, 6.07) is 15.0. The van der Waals surface area contributed by atoms with Gasteiger partial charge in [0.05, 0.1) is 11.3 Å². The number of rotatable bonds is 4. The standard InChI is InChI=1S/C23H30N4O2/c1-23(2,3)22(29)25-20-8-6-5-7-19(20)21(28)24-17-9-11-18(12-10-17)27-15-13-26(4)14-16-27/h5-12H,13-16H2,1-4H3,(H,24,28)(H,25,29). The molecule has 0 radical (unpaired) electrons. The maximum absolute atomic E-state index is 12.8. The van der Waals surface area contributed by atoms with Crippen LogP contribution in [0.4, 0.5) is 17.1 Å². The summed E-state index contributed by atoms with van der Waals surface area (Å²) < 4.78 is 0. The smallest absolute Gasteiger partial charge is 0.257 e. The molecule has 29 heavy (non-hydrogen) atoms. The molecule has 0 bridgehead atoms. The maximum Gasteiger partial charge on any atom is 0.257 e. The van der Waals surface area contributed by atoms with Crippen LogP contribution in [0.5, 0.6) is 0 Å². The molecule has 0 aliphatic carbocycles. The van der Waals surface area contributed by atoms with E-state index >= 15 is 0 Å². The third-order valence-electron chi connectivity index (χ3n) is 5.09. The first kappa shape index (κ1) is 20.9. The second-order valence-electron chi connectivity index (χ2n) is 8.54. The van der Waals surface area contributed by atoms with Crippen molar-refractivity contribution in [2.75, 3.05) is 48.8 Å². The van der Waals surface area contributed by atoms with Gasteiger partial charge in [0, 0.05) is 43.0 Å². The minimum Gasteiger partial charge on any atom is -0.369 e. The van der Waals surface area contributed by atoms with Gasteiger partial charge in [-0.15, -0.1) is 0 Å². The lowest BCUT2D eigenvalue weighted by atomic mass is 9.95. The second-order valence-corrected chi connectivity index (χ2v) is 8.54. The van der Waals surface area contributed by atoms with E-state index in [1.807, 2.05) is 45.0 Å². The number of piperazine rings is 1. The summed E-state index contributed by atoms with van der Waals surface area (Å²) in [7, 11) is 2.14. The molecule has 1 fully saturated rings. The van der Waals surface area contributed by atoms with Crippen LogP contribution in [0.3, 0.4) is 0 Å². The van der Waals surface area contributed by atoms with E-state index in [1.165, 1.54) is 0 Å². The number of carbonyl (C=O) groups is 2. The van der Waals surface area contributed by atoms with E-state index in [9.17, 15) is 9.59 Å². The Balaban J connectivity index is 1.68. The van der Waals surface area contributed by atoms with E-state index in [0.29, 0.717) is 11.3 Å². The topological polar surface area (TPSA) is 64.7 Å². The van der Waals surface area contributed by atoms with Crippen LogP contribution in [-0.4, -0.2) is 49.9 Å². The molecule has 3 rings (SSSR count). The van der Waals surface area contributed by atoms with E-state index in [4.69, 9.17) is 0 Å². The summed E-state index contributed by atoms with van der Waals surface area (Å²) in [5.41, 5.74) is 2.30. The van der Waals surface area contributed by atoms with E-state index < -0.39 is 5.41 Å². The van der Waals surface area contributed by atoms with Crippen molar-refractivity contribution in [1.29, 1.82) is 0 Å². The number of carbonyl (C=O) groups excluding carboxylic acids is 2. The first-order valence-corrected chi connectivity index (χ1v) is 9.99. The first-order valence-electron chi connectivity index (χ1n) is 9.99. The zero-order chi connectivity index (χ0) is 21.0. The van der Waals surface area contributed by atoms with Crippen molar-refractivity contribution in [3.63, 3.8) is 0 Å². The molecule has 2 N–H and O–H groups in total. The Morgan fingerprint density at radius 2 is 1.48 bits per heavy atom. The number of nitrogens with one attached hydrogen (secondary N) is 2. The van der Waals surface area contributed by atoms with Crippen LogP contribution in [0.1, 0.15) is 31.1 Å². The minimum absolute atomic E-state index is 0.130. The molecule has 0 aromatic heterocycles. The number of amides is 2. The highest BCUT2D eigenvalue weighted by Gasteiger charge is 2.23. The summed E-state index contributed by atoms with van der Waals surface area (Å²) >= 11 is 0. The van der Waals surface area contributed by atoms with E-state index in [-0.39, 0.29) is 11.8 Å². The molecule has 1 heterocycles. The third kappa shape index (κ3) is 5.35. The quantitative estimate of drug-likeness (QED) is 0.830. The summed E-state index contributed by atoms with van der Waals surface area (Å²) in [6.45, 7) is 9.63. The van der Waals surface area contributed by atoms with Crippen LogP contribution < -0.4 is 15.5 Å². The second kappa shape index (κ2) is 8.66. The fraction of sp³-hybridized carbons (Fsp3) is 0.391. The normalized spacial score (nSPS) is 15.1. The third-order valence-corrected chi connectivity index (χ3v) is 5.09. The number of hydrogen-bond acceptors (Lipinski definition) is 4. The van der Waals surface area contributed by atoms with Crippen LogP contribution >= 0.6 is 0 Å². The summed E-state index contributed by atoms with van der Waals surface area (Å²) in [5.74, 6) is -0.378. The van der Waals surface area contributed by atoms with E-state index in [0.717, 1.165) is 37.6 Å². The predicted octanol–water partition coefficient (Wildman–Crippen LogP) is 3.68. The summed E-state index contributed by atoms with van der Waals surface area (Å²) in [4.78, 5) is 29.8. The lowest BCUT2D eigenvalue weighted by Gasteiger charge is -2.34. The molecule has 154 valence electrons. The van der Waals surface area contributed by atoms with Gasteiger partial charge in [0.15, 0.2) is 0 Å². The molecule has 0 atom stereocenters. The van der Waals surface area contributed by atoms with Gasteiger partial charge >= 0.3 is 0 Å². The van der Waals surface area contributed by atoms with Crippen molar-refractivity contribution in [3.8, 4) is 0 Å². The van der Waals surface area contributed by atoms with Gasteiger partial charge in [-0.25, -0.2) is 0 Å². The van der Waals surface area contributed by atoms with Crippen LogP contribution in [0.2, 0.25) is 0 Å². The van der Waals surface area contributed by atoms with Gasteiger partial charge in [0.2, 0.25) is 5.91 Å². The Bertz CT molecular complexity index is 863. The van der Waals surface area contributed by atoms with Crippen LogP contribution in [0.25, 0.3) is 0 Å². The van der Waals surface area contributed by atoms with Crippen molar-refractivity contribution in [2.45, 2.75) is 20.8 Å². The lowest BCUT2D eigenvalue weighted by Crippen LogP contribution is -2.44. The number of nitrogens with zero attached hydrogens (tertiary/aromatic N) is 2. The fourth-order valence-electron chi connectivity index (χ4n) is 3.12. The van der Waals surface area contributed by atoms with Gasteiger partial charge in [-0.2, -0.15) is 0 Å². The average molecular weight is 395 g/mol. The molecule has 1 aliphatic rings. The molecule has 6 heteroatoms. The van der Waals surface area contributed by atoms with Crippen LogP contribution in [-0.2, 0) is 4.79 Å². The van der Waals surface area contributed by atoms with Gasteiger partial charge in [0.25, 0.3) is 5.91 Å². The highest BCUT2D eigenvalue weighted by Crippen LogP contribution is 2.23.